The summed E-state index contributed by atoms with van der Waals surface area (Å²) in [7, 11) is 0. The summed E-state index contributed by atoms with van der Waals surface area (Å²) in [5, 5.41) is 2.98. The molecule has 1 aromatic heterocycles. The largest absolute Gasteiger partial charge is 0.755 e. The standard InChI is InChI=1S/C17H13BrFN3O3S2/c1-9-15(10-2-4-11(18)5-3-10)20-17(26-9)21-16(23)13-7-6-12(19)8-14(13)22-27(24)25/h2-8,22H,1H3,(H,24,25)(H,20,21,23)/p-1. The number of aryl methyl sites for hydroxylation is 1. The van der Waals surface area contributed by atoms with Gasteiger partial charge in [-0.1, -0.05) is 28.1 Å². The van der Waals surface area contributed by atoms with Crippen molar-refractivity contribution < 1.29 is 17.9 Å². The second-order valence-electron chi connectivity index (χ2n) is 5.41. The van der Waals surface area contributed by atoms with Gasteiger partial charge < -0.3 is 9.27 Å². The lowest BCUT2D eigenvalue weighted by Gasteiger charge is -2.13. The zero-order valence-corrected chi connectivity index (χ0v) is 17.0. The van der Waals surface area contributed by atoms with Gasteiger partial charge in [0.1, 0.15) is 5.82 Å². The van der Waals surface area contributed by atoms with Crippen LogP contribution in [0.1, 0.15) is 15.2 Å². The molecule has 0 saturated heterocycles. The van der Waals surface area contributed by atoms with Gasteiger partial charge >= 0.3 is 0 Å². The predicted molar refractivity (Wildman–Crippen MR) is 107 cm³/mol. The molecule has 0 aliphatic rings. The second kappa shape index (κ2) is 8.26. The smallest absolute Gasteiger partial charge is 0.259 e. The minimum atomic E-state index is -2.69. The first-order valence-corrected chi connectivity index (χ1v) is 10.2. The monoisotopic (exact) mass is 468 g/mol. The SMILES string of the molecule is Cc1sc(NC(=O)c2ccc(F)cc2NS(=O)[O-])nc1-c1ccc(Br)cc1. The van der Waals surface area contributed by atoms with Gasteiger partial charge in [0.15, 0.2) is 5.13 Å². The van der Waals surface area contributed by atoms with Crippen LogP contribution in [0.15, 0.2) is 46.9 Å². The second-order valence-corrected chi connectivity index (χ2v) is 8.20. The number of thiazole rings is 1. The molecule has 0 fully saturated rings. The van der Waals surface area contributed by atoms with E-state index in [-0.39, 0.29) is 11.3 Å². The number of nitrogens with one attached hydrogen (secondary N) is 2. The molecule has 0 aliphatic carbocycles. The molecule has 0 saturated carbocycles. The Morgan fingerprint density at radius 2 is 1.96 bits per heavy atom. The molecule has 1 atom stereocenters. The maximum absolute atomic E-state index is 13.4. The van der Waals surface area contributed by atoms with E-state index in [1.165, 1.54) is 17.4 Å². The van der Waals surface area contributed by atoms with Crippen LogP contribution in [-0.2, 0) is 11.3 Å². The topological polar surface area (TPSA) is 94.2 Å². The third-order valence-electron chi connectivity index (χ3n) is 3.55. The number of benzene rings is 2. The lowest BCUT2D eigenvalue weighted by atomic mass is 10.1. The van der Waals surface area contributed by atoms with Gasteiger partial charge in [-0.3, -0.25) is 14.3 Å². The van der Waals surface area contributed by atoms with E-state index >= 15 is 0 Å². The number of anilines is 2. The van der Waals surface area contributed by atoms with Crippen LogP contribution < -0.4 is 10.0 Å². The Morgan fingerprint density at radius 3 is 2.63 bits per heavy atom. The molecule has 2 aromatic carbocycles. The summed E-state index contributed by atoms with van der Waals surface area (Å²) in [6.45, 7) is 1.89. The lowest BCUT2D eigenvalue weighted by Crippen LogP contribution is -2.15. The molecule has 27 heavy (non-hydrogen) atoms. The van der Waals surface area contributed by atoms with Crippen LogP contribution in [0.25, 0.3) is 11.3 Å². The number of carbonyl (C=O) groups excluding carboxylic acids is 1. The number of carbonyl (C=O) groups is 1. The van der Waals surface area contributed by atoms with Crippen molar-refractivity contribution >= 4 is 55.3 Å². The Morgan fingerprint density at radius 1 is 1.26 bits per heavy atom. The van der Waals surface area contributed by atoms with E-state index < -0.39 is 23.0 Å². The average molecular weight is 469 g/mol. The molecule has 0 spiro atoms. The summed E-state index contributed by atoms with van der Waals surface area (Å²) < 4.78 is 38.1. The van der Waals surface area contributed by atoms with Gasteiger partial charge in [0, 0.05) is 26.2 Å². The van der Waals surface area contributed by atoms with E-state index in [4.69, 9.17) is 0 Å². The molecular formula is C17H12BrFN3O3S2-. The zero-order valence-electron chi connectivity index (χ0n) is 13.8. The molecule has 140 valence electrons. The first-order chi connectivity index (χ1) is 12.8. The normalized spacial score (nSPS) is 11.9. The van der Waals surface area contributed by atoms with Gasteiger partial charge in [0.25, 0.3) is 5.91 Å². The van der Waals surface area contributed by atoms with Gasteiger partial charge in [0.05, 0.1) is 16.9 Å². The van der Waals surface area contributed by atoms with Crippen LogP contribution in [0.5, 0.6) is 0 Å². The fourth-order valence-corrected chi connectivity index (χ4v) is 3.82. The number of nitrogens with zero attached hydrogens (tertiary/aromatic N) is 1. The molecule has 10 heteroatoms. The number of rotatable bonds is 5. The van der Waals surface area contributed by atoms with Crippen molar-refractivity contribution in [3.05, 3.63) is 63.2 Å². The fourth-order valence-electron chi connectivity index (χ4n) is 2.38. The van der Waals surface area contributed by atoms with E-state index in [1.54, 1.807) is 0 Å². The van der Waals surface area contributed by atoms with E-state index in [1.807, 2.05) is 35.9 Å². The highest BCUT2D eigenvalue weighted by molar-refractivity contribution is 9.10. The molecule has 3 rings (SSSR count). The third kappa shape index (κ3) is 4.78. The van der Waals surface area contributed by atoms with Crippen LogP contribution in [0.2, 0.25) is 0 Å². The Bertz CT molecular complexity index is 1020. The Balaban J connectivity index is 1.86. The minimum absolute atomic E-state index is 0.0151. The molecule has 2 N–H and O–H groups in total. The molecule has 1 amide bonds. The summed E-state index contributed by atoms with van der Waals surface area (Å²) in [6, 6.07) is 10.8. The van der Waals surface area contributed by atoms with Gasteiger partial charge in [-0.25, -0.2) is 9.37 Å². The Labute approximate surface area is 169 Å². The van der Waals surface area contributed by atoms with Crippen LogP contribution in [-0.4, -0.2) is 19.7 Å². The fraction of sp³-hybridized carbons (Fsp3) is 0.0588. The molecule has 0 radical (unpaired) electrons. The highest BCUT2D eigenvalue weighted by Crippen LogP contribution is 2.31. The Kier molecular flexibility index (Phi) is 6.00. The predicted octanol–water partition coefficient (Wildman–Crippen LogP) is 4.48. The van der Waals surface area contributed by atoms with Crippen molar-refractivity contribution in [1.82, 2.24) is 4.98 Å². The van der Waals surface area contributed by atoms with Crippen molar-refractivity contribution in [2.75, 3.05) is 10.0 Å². The van der Waals surface area contributed by atoms with E-state index in [9.17, 15) is 17.9 Å². The van der Waals surface area contributed by atoms with Crippen LogP contribution in [0, 0.1) is 12.7 Å². The maximum atomic E-state index is 13.4. The van der Waals surface area contributed by atoms with Crippen LogP contribution in [0.3, 0.4) is 0 Å². The highest BCUT2D eigenvalue weighted by Gasteiger charge is 2.16. The highest BCUT2D eigenvalue weighted by atomic mass is 79.9. The van der Waals surface area contributed by atoms with Crippen molar-refractivity contribution in [3.63, 3.8) is 0 Å². The number of aromatic nitrogens is 1. The van der Waals surface area contributed by atoms with Gasteiger partial charge in [-0.2, -0.15) is 0 Å². The van der Waals surface area contributed by atoms with Gasteiger partial charge in [-0.15, -0.1) is 11.3 Å². The summed E-state index contributed by atoms with van der Waals surface area (Å²) >= 11 is 1.98. The summed E-state index contributed by atoms with van der Waals surface area (Å²) in [5.74, 6) is -1.26. The molecule has 1 unspecified atom stereocenters. The number of hydrogen-bond acceptors (Lipinski definition) is 5. The van der Waals surface area contributed by atoms with E-state index in [0.717, 1.165) is 32.7 Å². The minimum Gasteiger partial charge on any atom is -0.755 e. The van der Waals surface area contributed by atoms with Crippen molar-refractivity contribution in [3.8, 4) is 11.3 Å². The number of halogens is 2. The molecule has 1 heterocycles. The van der Waals surface area contributed by atoms with Crippen molar-refractivity contribution in [1.29, 1.82) is 0 Å². The number of amides is 1. The molecule has 3 aromatic rings. The molecule has 6 nitrogen and oxygen atoms in total. The van der Waals surface area contributed by atoms with Gasteiger partial charge in [-0.05, 0) is 37.3 Å². The van der Waals surface area contributed by atoms with Crippen LogP contribution >= 0.6 is 27.3 Å². The van der Waals surface area contributed by atoms with E-state index in [2.05, 4.69) is 26.2 Å². The average Bonchev–Trinajstić information content (AvgIpc) is 2.95. The van der Waals surface area contributed by atoms with Gasteiger partial charge in [0.2, 0.25) is 0 Å². The van der Waals surface area contributed by atoms with Crippen molar-refractivity contribution in [2.24, 2.45) is 0 Å². The molecule has 0 bridgehead atoms. The summed E-state index contributed by atoms with van der Waals surface area (Å²) in [6.07, 6.45) is 0. The Hall–Kier alpha value is -2.14. The maximum Gasteiger partial charge on any atom is 0.259 e. The third-order valence-corrected chi connectivity index (χ3v) is 5.36. The quantitative estimate of drug-likeness (QED) is 0.539. The molecule has 0 aliphatic heterocycles. The van der Waals surface area contributed by atoms with Crippen molar-refractivity contribution in [2.45, 2.75) is 6.92 Å². The number of hydrogen-bond donors (Lipinski definition) is 2. The first-order valence-electron chi connectivity index (χ1n) is 7.53. The molecular weight excluding hydrogens is 457 g/mol. The summed E-state index contributed by atoms with van der Waals surface area (Å²) in [5.41, 5.74) is 1.47. The lowest BCUT2D eigenvalue weighted by molar-refractivity contribution is 0.102. The van der Waals surface area contributed by atoms with E-state index in [0.29, 0.717) is 5.13 Å². The van der Waals surface area contributed by atoms with Crippen LogP contribution in [0.4, 0.5) is 15.2 Å². The zero-order chi connectivity index (χ0) is 19.6. The summed E-state index contributed by atoms with van der Waals surface area (Å²) in [4.78, 5) is 17.9. The first kappa shape index (κ1) is 19.6.